The lowest BCUT2D eigenvalue weighted by molar-refractivity contribution is 0.216. The summed E-state index contributed by atoms with van der Waals surface area (Å²) in [6, 6.07) is 9.36. The first-order valence-corrected chi connectivity index (χ1v) is 9.07. The van der Waals surface area contributed by atoms with Crippen LogP contribution in [0.2, 0.25) is 10.0 Å². The van der Waals surface area contributed by atoms with Crippen molar-refractivity contribution in [1.29, 1.82) is 0 Å². The number of rotatable bonds is 5. The predicted molar refractivity (Wildman–Crippen MR) is 103 cm³/mol. The third kappa shape index (κ3) is 4.42. The van der Waals surface area contributed by atoms with E-state index in [9.17, 15) is 0 Å². The molecular formula is C17H19Cl2N3OS. The topological polar surface area (TPSA) is 40.4 Å². The highest BCUT2D eigenvalue weighted by atomic mass is 35.5. The minimum Gasteiger partial charge on any atom is -0.468 e. The van der Waals surface area contributed by atoms with Crippen LogP contribution in [0.15, 0.2) is 41.0 Å². The number of nitrogens with zero attached hydrogens (tertiary/aromatic N) is 1. The van der Waals surface area contributed by atoms with Crippen molar-refractivity contribution in [3.8, 4) is 0 Å². The van der Waals surface area contributed by atoms with Gasteiger partial charge in [0.2, 0.25) is 0 Å². The SMILES string of the molecule is S=C(NCC(c1ccco1)N1CCCC1)Nc1ccc(Cl)cc1Cl. The molecule has 0 aliphatic carbocycles. The van der Waals surface area contributed by atoms with Gasteiger partial charge in [0, 0.05) is 11.6 Å². The van der Waals surface area contributed by atoms with E-state index in [0.717, 1.165) is 24.5 Å². The van der Waals surface area contributed by atoms with Gasteiger partial charge in [0.15, 0.2) is 5.11 Å². The number of thiocarbonyl (C=S) groups is 1. The fourth-order valence-corrected chi connectivity index (χ4v) is 3.54. The number of nitrogens with one attached hydrogen (secondary N) is 2. The van der Waals surface area contributed by atoms with E-state index in [-0.39, 0.29) is 6.04 Å². The van der Waals surface area contributed by atoms with Gasteiger partial charge >= 0.3 is 0 Å². The van der Waals surface area contributed by atoms with E-state index in [2.05, 4.69) is 15.5 Å². The fraction of sp³-hybridized carbons (Fsp3) is 0.353. The lowest BCUT2D eigenvalue weighted by Crippen LogP contribution is -2.38. The maximum absolute atomic E-state index is 6.16. The smallest absolute Gasteiger partial charge is 0.170 e. The summed E-state index contributed by atoms with van der Waals surface area (Å²) < 4.78 is 5.61. The van der Waals surface area contributed by atoms with Gasteiger partial charge in [-0.1, -0.05) is 23.2 Å². The highest BCUT2D eigenvalue weighted by molar-refractivity contribution is 7.80. The van der Waals surface area contributed by atoms with Crippen LogP contribution in [-0.4, -0.2) is 29.6 Å². The molecular weight excluding hydrogens is 365 g/mol. The number of likely N-dealkylation sites (tertiary alicyclic amines) is 1. The number of benzene rings is 1. The molecule has 2 heterocycles. The van der Waals surface area contributed by atoms with Crippen molar-refractivity contribution in [2.24, 2.45) is 0 Å². The minimum absolute atomic E-state index is 0.169. The molecule has 3 rings (SSSR count). The number of hydrogen-bond donors (Lipinski definition) is 2. The molecule has 0 amide bonds. The Bertz CT molecular complexity index is 687. The van der Waals surface area contributed by atoms with Crippen LogP contribution in [0, 0.1) is 0 Å². The molecule has 24 heavy (non-hydrogen) atoms. The van der Waals surface area contributed by atoms with Crippen LogP contribution in [0.4, 0.5) is 5.69 Å². The summed E-state index contributed by atoms with van der Waals surface area (Å²) in [7, 11) is 0. The van der Waals surface area contributed by atoms with Gasteiger partial charge in [-0.05, 0) is 68.5 Å². The largest absolute Gasteiger partial charge is 0.468 e. The molecule has 0 spiro atoms. The van der Waals surface area contributed by atoms with Gasteiger partial charge in [-0.15, -0.1) is 0 Å². The molecule has 128 valence electrons. The summed E-state index contributed by atoms with van der Waals surface area (Å²) in [5.41, 5.74) is 0.731. The molecule has 2 aromatic rings. The average Bonchev–Trinajstić information content (AvgIpc) is 3.24. The molecule has 1 atom stereocenters. The van der Waals surface area contributed by atoms with Crippen LogP contribution in [0.1, 0.15) is 24.6 Å². The average molecular weight is 384 g/mol. The van der Waals surface area contributed by atoms with E-state index in [1.54, 1.807) is 18.4 Å². The lowest BCUT2D eigenvalue weighted by atomic mass is 10.2. The highest BCUT2D eigenvalue weighted by Crippen LogP contribution is 2.26. The van der Waals surface area contributed by atoms with Crippen molar-refractivity contribution in [2.45, 2.75) is 18.9 Å². The van der Waals surface area contributed by atoms with Crippen LogP contribution >= 0.6 is 35.4 Å². The fourth-order valence-electron chi connectivity index (χ4n) is 2.89. The zero-order valence-corrected chi connectivity index (χ0v) is 15.4. The van der Waals surface area contributed by atoms with Crippen molar-refractivity contribution in [3.63, 3.8) is 0 Å². The van der Waals surface area contributed by atoms with Crippen LogP contribution < -0.4 is 10.6 Å². The quantitative estimate of drug-likeness (QED) is 0.731. The van der Waals surface area contributed by atoms with Crippen molar-refractivity contribution < 1.29 is 4.42 Å². The zero-order chi connectivity index (χ0) is 16.9. The molecule has 2 N–H and O–H groups in total. The van der Waals surface area contributed by atoms with Gasteiger partial charge in [-0.25, -0.2) is 0 Å². The third-order valence-electron chi connectivity index (χ3n) is 4.09. The minimum atomic E-state index is 0.169. The molecule has 0 saturated carbocycles. The molecule has 4 nitrogen and oxygen atoms in total. The van der Waals surface area contributed by atoms with Crippen LogP contribution in [-0.2, 0) is 0 Å². The second kappa shape index (κ2) is 8.21. The molecule has 1 aromatic heterocycles. The van der Waals surface area contributed by atoms with Gasteiger partial charge in [-0.2, -0.15) is 0 Å². The van der Waals surface area contributed by atoms with Gasteiger partial charge in [0.05, 0.1) is 23.0 Å². The molecule has 1 fully saturated rings. The Morgan fingerprint density at radius 3 is 2.71 bits per heavy atom. The van der Waals surface area contributed by atoms with Crippen molar-refractivity contribution in [1.82, 2.24) is 10.2 Å². The van der Waals surface area contributed by atoms with Gasteiger partial charge in [-0.3, -0.25) is 4.90 Å². The summed E-state index contributed by atoms with van der Waals surface area (Å²) in [6.07, 6.45) is 4.16. The third-order valence-corrected chi connectivity index (χ3v) is 4.88. The lowest BCUT2D eigenvalue weighted by Gasteiger charge is -2.26. The van der Waals surface area contributed by atoms with E-state index >= 15 is 0 Å². The van der Waals surface area contributed by atoms with Crippen molar-refractivity contribution in [2.75, 3.05) is 25.0 Å². The molecule has 1 aliphatic rings. The summed E-state index contributed by atoms with van der Waals surface area (Å²) >= 11 is 17.5. The molecule has 1 aromatic carbocycles. The van der Waals surface area contributed by atoms with E-state index in [1.165, 1.54) is 12.8 Å². The Morgan fingerprint density at radius 1 is 1.25 bits per heavy atom. The second-order valence-corrected chi connectivity index (χ2v) is 6.99. The van der Waals surface area contributed by atoms with Gasteiger partial charge < -0.3 is 15.1 Å². The Kier molecular flexibility index (Phi) is 6.00. The molecule has 1 saturated heterocycles. The Labute approximate surface area is 157 Å². The van der Waals surface area contributed by atoms with Gasteiger partial charge in [0.25, 0.3) is 0 Å². The first-order valence-electron chi connectivity index (χ1n) is 7.91. The maximum Gasteiger partial charge on any atom is 0.170 e. The van der Waals surface area contributed by atoms with Crippen LogP contribution in [0.3, 0.4) is 0 Å². The molecule has 1 aliphatic heterocycles. The first kappa shape index (κ1) is 17.5. The van der Waals surface area contributed by atoms with Crippen LogP contribution in [0.25, 0.3) is 0 Å². The Balaban J connectivity index is 1.60. The van der Waals surface area contributed by atoms with Crippen LogP contribution in [0.5, 0.6) is 0 Å². The Hall–Kier alpha value is -1.27. The zero-order valence-electron chi connectivity index (χ0n) is 13.1. The summed E-state index contributed by atoms with van der Waals surface area (Å²) in [5.74, 6) is 0.955. The van der Waals surface area contributed by atoms with Crippen molar-refractivity contribution in [3.05, 3.63) is 52.4 Å². The van der Waals surface area contributed by atoms with E-state index in [0.29, 0.717) is 21.7 Å². The molecule has 7 heteroatoms. The monoisotopic (exact) mass is 383 g/mol. The first-order chi connectivity index (χ1) is 11.6. The normalized spacial score (nSPS) is 16.1. The van der Waals surface area contributed by atoms with Gasteiger partial charge in [0.1, 0.15) is 5.76 Å². The Morgan fingerprint density at radius 2 is 2.04 bits per heavy atom. The number of halogens is 2. The number of hydrogen-bond acceptors (Lipinski definition) is 3. The predicted octanol–water partition coefficient (Wildman–Crippen LogP) is 4.71. The molecule has 0 radical (unpaired) electrons. The van der Waals surface area contributed by atoms with E-state index in [1.807, 2.05) is 18.2 Å². The second-order valence-electron chi connectivity index (χ2n) is 5.73. The molecule has 0 bridgehead atoms. The van der Waals surface area contributed by atoms with E-state index in [4.69, 9.17) is 39.8 Å². The standard InChI is InChI=1S/C17H19Cl2N3OS/c18-12-5-6-14(13(19)10-12)21-17(24)20-11-15(16-4-3-9-23-16)22-7-1-2-8-22/h3-6,9-10,15H,1-2,7-8,11H2,(H2,20,21,24). The summed E-state index contributed by atoms with van der Waals surface area (Å²) in [6.45, 7) is 2.83. The summed E-state index contributed by atoms with van der Waals surface area (Å²) in [5, 5.41) is 8.03. The summed E-state index contributed by atoms with van der Waals surface area (Å²) in [4.78, 5) is 2.42. The maximum atomic E-state index is 6.16. The molecule has 1 unspecified atom stereocenters. The number of furan rings is 1. The number of anilines is 1. The highest BCUT2D eigenvalue weighted by Gasteiger charge is 2.25. The van der Waals surface area contributed by atoms with E-state index < -0.39 is 0 Å². The van der Waals surface area contributed by atoms with Crippen molar-refractivity contribution >= 4 is 46.2 Å².